The van der Waals surface area contributed by atoms with Crippen molar-refractivity contribution in [3.05, 3.63) is 71.8 Å². The highest BCUT2D eigenvalue weighted by atomic mass is 17.2. The fourth-order valence-electron chi connectivity index (χ4n) is 2.86. The first kappa shape index (κ1) is 25.6. The van der Waals surface area contributed by atoms with Crippen LogP contribution in [0.3, 0.4) is 0 Å². The minimum atomic E-state index is -0.757. The fraction of sp³-hybridized carbons (Fsp3) is 0.462. The number of rotatable bonds is 11. The zero-order valence-corrected chi connectivity index (χ0v) is 19.8. The summed E-state index contributed by atoms with van der Waals surface area (Å²) in [6, 6.07) is 17.4. The second-order valence-electron chi connectivity index (χ2n) is 9.08. The fourth-order valence-corrected chi connectivity index (χ4v) is 2.86. The van der Waals surface area contributed by atoms with E-state index in [1.54, 1.807) is 48.5 Å². The van der Waals surface area contributed by atoms with Gasteiger partial charge in [-0.1, -0.05) is 64.1 Å². The van der Waals surface area contributed by atoms with Crippen molar-refractivity contribution < 1.29 is 29.1 Å². The molecule has 2 rings (SSSR count). The van der Waals surface area contributed by atoms with Gasteiger partial charge in [-0.25, -0.2) is 9.59 Å². The molecule has 0 bridgehead atoms. The van der Waals surface area contributed by atoms with Crippen molar-refractivity contribution >= 4 is 11.9 Å². The van der Waals surface area contributed by atoms with E-state index in [0.29, 0.717) is 24.0 Å². The van der Waals surface area contributed by atoms with E-state index in [-0.39, 0.29) is 11.8 Å². The molecule has 0 aromatic heterocycles. The molecule has 6 nitrogen and oxygen atoms in total. The van der Waals surface area contributed by atoms with Crippen LogP contribution in [0.4, 0.5) is 0 Å². The Morgan fingerprint density at radius 2 is 0.969 bits per heavy atom. The summed E-state index contributed by atoms with van der Waals surface area (Å²) in [5.41, 5.74) is -0.676. The van der Waals surface area contributed by atoms with Crippen LogP contribution in [0.25, 0.3) is 0 Å². The Morgan fingerprint density at radius 3 is 1.25 bits per heavy atom. The van der Waals surface area contributed by atoms with Crippen LogP contribution in [-0.4, -0.2) is 23.1 Å². The van der Waals surface area contributed by atoms with Gasteiger partial charge in [0.2, 0.25) is 0 Å². The lowest BCUT2D eigenvalue weighted by Crippen LogP contribution is -2.42. The van der Waals surface area contributed by atoms with Crippen molar-refractivity contribution in [1.29, 1.82) is 0 Å². The lowest BCUT2D eigenvalue weighted by molar-refractivity contribution is -0.343. The van der Waals surface area contributed by atoms with Crippen LogP contribution in [0, 0.1) is 11.8 Å². The van der Waals surface area contributed by atoms with Crippen molar-refractivity contribution in [3.8, 4) is 0 Å². The summed E-state index contributed by atoms with van der Waals surface area (Å²) in [5.74, 6) is -0.988. The Labute approximate surface area is 190 Å². The van der Waals surface area contributed by atoms with Gasteiger partial charge in [0.1, 0.15) is 11.2 Å². The molecule has 0 saturated carbocycles. The van der Waals surface area contributed by atoms with E-state index in [1.165, 1.54) is 0 Å². The van der Waals surface area contributed by atoms with Crippen LogP contribution < -0.4 is 0 Å². The van der Waals surface area contributed by atoms with Crippen LogP contribution in [-0.2, 0) is 19.6 Å². The molecule has 0 aliphatic rings. The zero-order valence-electron chi connectivity index (χ0n) is 19.8. The van der Waals surface area contributed by atoms with Gasteiger partial charge >= 0.3 is 11.9 Å². The van der Waals surface area contributed by atoms with Gasteiger partial charge in [0, 0.05) is 0 Å². The average Bonchev–Trinajstić information content (AvgIpc) is 2.80. The van der Waals surface area contributed by atoms with Crippen LogP contribution >= 0.6 is 0 Å². The molecule has 0 fully saturated rings. The third-order valence-electron chi connectivity index (χ3n) is 6.19. The molecule has 0 aliphatic carbocycles. The van der Waals surface area contributed by atoms with E-state index < -0.39 is 23.1 Å². The maximum atomic E-state index is 12.3. The average molecular weight is 443 g/mol. The van der Waals surface area contributed by atoms with E-state index in [0.717, 1.165) is 0 Å². The Morgan fingerprint density at radius 1 is 0.656 bits per heavy atom. The Kier molecular flexibility index (Phi) is 8.99. The Bertz CT molecular complexity index is 791. The molecule has 0 amide bonds. The van der Waals surface area contributed by atoms with Gasteiger partial charge in [0.05, 0.1) is 11.1 Å². The molecule has 2 unspecified atom stereocenters. The van der Waals surface area contributed by atoms with Gasteiger partial charge in [-0.2, -0.15) is 9.78 Å². The van der Waals surface area contributed by atoms with Crippen LogP contribution in [0.5, 0.6) is 0 Å². The van der Waals surface area contributed by atoms with Crippen molar-refractivity contribution in [2.24, 2.45) is 11.8 Å². The zero-order chi connectivity index (χ0) is 23.8. The van der Waals surface area contributed by atoms with Crippen LogP contribution in [0.2, 0.25) is 0 Å². The van der Waals surface area contributed by atoms with Gasteiger partial charge in [0.15, 0.2) is 0 Å². The number of hydrogen-bond acceptors (Lipinski definition) is 6. The van der Waals surface area contributed by atoms with Gasteiger partial charge in [0.25, 0.3) is 0 Å². The summed E-state index contributed by atoms with van der Waals surface area (Å²) in [5, 5.41) is 0. The van der Waals surface area contributed by atoms with Crippen molar-refractivity contribution in [2.45, 2.75) is 65.6 Å². The van der Waals surface area contributed by atoms with E-state index in [9.17, 15) is 9.59 Å². The summed E-state index contributed by atoms with van der Waals surface area (Å²) in [6.45, 7) is 11.8. The number of benzene rings is 2. The van der Waals surface area contributed by atoms with Crippen LogP contribution in [0.15, 0.2) is 60.7 Å². The summed E-state index contributed by atoms with van der Waals surface area (Å²) >= 11 is 0. The third-order valence-corrected chi connectivity index (χ3v) is 6.19. The summed E-state index contributed by atoms with van der Waals surface area (Å²) < 4.78 is 0. The number of carbonyl (C=O) groups is 2. The first-order valence-electron chi connectivity index (χ1n) is 11.0. The van der Waals surface area contributed by atoms with E-state index in [1.807, 2.05) is 53.7 Å². The lowest BCUT2D eigenvalue weighted by Gasteiger charge is -2.37. The molecule has 0 aliphatic heterocycles. The topological polar surface area (TPSA) is 71.1 Å². The molecule has 0 N–H and O–H groups in total. The van der Waals surface area contributed by atoms with Gasteiger partial charge < -0.3 is 0 Å². The summed E-state index contributed by atoms with van der Waals surface area (Å²) in [4.78, 5) is 46.3. The van der Waals surface area contributed by atoms with Crippen molar-refractivity contribution in [2.75, 3.05) is 0 Å². The monoisotopic (exact) mass is 442 g/mol. The second-order valence-corrected chi connectivity index (χ2v) is 9.08. The first-order valence-corrected chi connectivity index (χ1v) is 11.0. The number of hydrogen-bond donors (Lipinski definition) is 0. The van der Waals surface area contributed by atoms with Gasteiger partial charge in [-0.3, -0.25) is 9.78 Å². The molecule has 0 radical (unpaired) electrons. The molecule has 2 atom stereocenters. The normalized spacial score (nSPS) is 15.1. The molecule has 174 valence electrons. The van der Waals surface area contributed by atoms with Crippen LogP contribution in [0.1, 0.15) is 75.1 Å². The standard InChI is InChI=1S/C26H34O6/c1-19(2)25(5,31-29-23(27)21-13-9-7-10-14-21)17-18-26(6,20(3)4)32-30-24(28)22-15-11-8-12-16-22/h7-16,19-20H,17-18H2,1-6H3. The number of carbonyl (C=O) groups excluding carboxylic acids is 2. The highest BCUT2D eigenvalue weighted by molar-refractivity contribution is 5.89. The van der Waals surface area contributed by atoms with E-state index in [4.69, 9.17) is 19.6 Å². The van der Waals surface area contributed by atoms with Crippen molar-refractivity contribution in [1.82, 2.24) is 0 Å². The van der Waals surface area contributed by atoms with E-state index in [2.05, 4.69) is 0 Å². The predicted molar refractivity (Wildman–Crippen MR) is 122 cm³/mol. The minimum Gasteiger partial charge on any atom is -0.292 e. The maximum absolute atomic E-state index is 12.3. The SMILES string of the molecule is CC(C)C(C)(CCC(C)(OOC(=O)c1ccccc1)C(C)C)OOC(=O)c1ccccc1. The molecule has 0 saturated heterocycles. The summed E-state index contributed by atoms with van der Waals surface area (Å²) in [6.07, 6.45) is 1.04. The quantitative estimate of drug-likeness (QED) is 0.306. The lowest BCUT2D eigenvalue weighted by atomic mass is 9.80. The smallest absolute Gasteiger partial charge is 0.292 e. The molecule has 2 aromatic rings. The highest BCUT2D eigenvalue weighted by Crippen LogP contribution is 2.35. The Balaban J connectivity index is 2.01. The maximum Gasteiger partial charge on any atom is 0.373 e. The van der Waals surface area contributed by atoms with E-state index >= 15 is 0 Å². The summed E-state index contributed by atoms with van der Waals surface area (Å²) in [7, 11) is 0. The van der Waals surface area contributed by atoms with Gasteiger partial charge in [-0.15, -0.1) is 0 Å². The molecule has 0 heterocycles. The second kappa shape index (κ2) is 11.2. The molecule has 32 heavy (non-hydrogen) atoms. The van der Waals surface area contributed by atoms with Gasteiger partial charge in [-0.05, 0) is 62.8 Å². The largest absolute Gasteiger partial charge is 0.373 e. The molecule has 6 heteroatoms. The molecular weight excluding hydrogens is 408 g/mol. The molecule has 0 spiro atoms. The first-order chi connectivity index (χ1) is 15.1. The molecule has 2 aromatic carbocycles. The molecular formula is C26H34O6. The Hall–Kier alpha value is -2.70. The predicted octanol–water partition coefficient (Wildman–Crippen LogP) is 6.17. The highest BCUT2D eigenvalue weighted by Gasteiger charge is 2.39. The van der Waals surface area contributed by atoms with Crippen molar-refractivity contribution in [3.63, 3.8) is 0 Å². The third kappa shape index (κ3) is 6.90. The minimum absolute atomic E-state index is 0.0503.